The van der Waals surface area contributed by atoms with Crippen molar-refractivity contribution in [3.63, 3.8) is 0 Å². The predicted molar refractivity (Wildman–Crippen MR) is 100 cm³/mol. The SMILES string of the molecule is COc1cc(C(=O)OC(C)C(=O)Nc2ccc3c(c2)OCO3)cc2c1OCCO2. The van der Waals surface area contributed by atoms with E-state index in [1.54, 1.807) is 18.2 Å². The number of ether oxygens (including phenoxy) is 6. The van der Waals surface area contributed by atoms with Crippen LogP contribution < -0.4 is 29.0 Å². The minimum absolute atomic E-state index is 0.139. The molecule has 4 rings (SSSR count). The van der Waals surface area contributed by atoms with E-state index in [2.05, 4.69) is 5.32 Å². The van der Waals surface area contributed by atoms with Gasteiger partial charge >= 0.3 is 5.97 Å². The van der Waals surface area contributed by atoms with Crippen LogP contribution in [0.25, 0.3) is 0 Å². The van der Waals surface area contributed by atoms with Gasteiger partial charge in [0.1, 0.15) is 13.2 Å². The average molecular weight is 401 g/mol. The first kappa shape index (κ1) is 18.7. The molecule has 2 heterocycles. The molecule has 2 aromatic rings. The number of benzene rings is 2. The lowest BCUT2D eigenvalue weighted by atomic mass is 10.1. The predicted octanol–water partition coefficient (Wildman–Crippen LogP) is 2.38. The molecule has 2 aliphatic heterocycles. The van der Waals surface area contributed by atoms with Gasteiger partial charge in [0.2, 0.25) is 12.5 Å². The molecular formula is C20H19NO8. The Kier molecular flexibility index (Phi) is 5.03. The van der Waals surface area contributed by atoms with E-state index >= 15 is 0 Å². The van der Waals surface area contributed by atoms with Gasteiger partial charge in [0.25, 0.3) is 5.91 Å². The summed E-state index contributed by atoms with van der Waals surface area (Å²) in [4.78, 5) is 24.9. The number of methoxy groups -OCH3 is 1. The van der Waals surface area contributed by atoms with Gasteiger partial charge in [-0.15, -0.1) is 0 Å². The van der Waals surface area contributed by atoms with E-state index in [1.807, 2.05) is 0 Å². The van der Waals surface area contributed by atoms with Gasteiger partial charge in [-0.1, -0.05) is 0 Å². The number of anilines is 1. The first-order valence-corrected chi connectivity index (χ1v) is 8.94. The van der Waals surface area contributed by atoms with Crippen LogP contribution in [0.5, 0.6) is 28.7 Å². The standard InChI is InChI=1S/C20H19NO8/c1-11(19(22)21-13-3-4-14-15(9-13)28-10-27-14)29-20(23)12-7-16(24-2)18-17(8-12)25-5-6-26-18/h3-4,7-9,11H,5-6,10H2,1-2H3,(H,21,22). The Morgan fingerprint density at radius 1 is 1.00 bits per heavy atom. The average Bonchev–Trinajstić information content (AvgIpc) is 3.20. The Bertz CT molecular complexity index is 940. The van der Waals surface area contributed by atoms with E-state index in [0.717, 1.165) is 0 Å². The molecule has 2 aromatic carbocycles. The maximum atomic E-state index is 12.5. The fraction of sp³-hybridized carbons (Fsp3) is 0.300. The monoisotopic (exact) mass is 401 g/mol. The Hall–Kier alpha value is -3.62. The topological polar surface area (TPSA) is 102 Å². The molecule has 29 heavy (non-hydrogen) atoms. The van der Waals surface area contributed by atoms with Crippen molar-refractivity contribution in [2.24, 2.45) is 0 Å². The molecular weight excluding hydrogens is 382 g/mol. The van der Waals surface area contributed by atoms with Gasteiger partial charge in [0, 0.05) is 11.8 Å². The summed E-state index contributed by atoms with van der Waals surface area (Å²) in [6, 6.07) is 7.99. The van der Waals surface area contributed by atoms with Crippen molar-refractivity contribution in [1.29, 1.82) is 0 Å². The molecule has 0 fully saturated rings. The lowest BCUT2D eigenvalue weighted by Gasteiger charge is -2.21. The fourth-order valence-corrected chi connectivity index (χ4v) is 2.89. The van der Waals surface area contributed by atoms with Gasteiger partial charge in [-0.25, -0.2) is 4.79 Å². The molecule has 0 radical (unpaired) electrons. The van der Waals surface area contributed by atoms with Crippen LogP contribution in [-0.2, 0) is 9.53 Å². The van der Waals surface area contributed by atoms with E-state index < -0.39 is 18.0 Å². The van der Waals surface area contributed by atoms with Crippen molar-refractivity contribution in [3.05, 3.63) is 35.9 Å². The highest BCUT2D eigenvalue weighted by molar-refractivity contribution is 5.98. The van der Waals surface area contributed by atoms with E-state index in [9.17, 15) is 9.59 Å². The molecule has 0 bridgehead atoms. The summed E-state index contributed by atoms with van der Waals surface area (Å²) in [5.41, 5.74) is 0.692. The van der Waals surface area contributed by atoms with E-state index in [4.69, 9.17) is 28.4 Å². The van der Waals surface area contributed by atoms with Crippen LogP contribution in [0.1, 0.15) is 17.3 Å². The quantitative estimate of drug-likeness (QED) is 0.762. The van der Waals surface area contributed by atoms with Crippen molar-refractivity contribution in [2.75, 3.05) is 32.4 Å². The Labute approximate surface area is 166 Å². The van der Waals surface area contributed by atoms with Gasteiger partial charge in [-0.05, 0) is 31.2 Å². The molecule has 0 spiro atoms. The zero-order chi connectivity index (χ0) is 20.4. The molecule has 1 unspecified atom stereocenters. The number of esters is 1. The zero-order valence-electron chi connectivity index (χ0n) is 15.9. The summed E-state index contributed by atoms with van der Waals surface area (Å²) in [6.07, 6.45) is -1.04. The van der Waals surface area contributed by atoms with Crippen molar-refractivity contribution in [1.82, 2.24) is 0 Å². The largest absolute Gasteiger partial charge is 0.493 e. The van der Waals surface area contributed by atoms with Crippen LogP contribution >= 0.6 is 0 Å². The van der Waals surface area contributed by atoms with Crippen molar-refractivity contribution in [3.8, 4) is 28.7 Å². The summed E-state index contributed by atoms with van der Waals surface area (Å²) in [5.74, 6) is 1.15. The minimum Gasteiger partial charge on any atom is -0.493 e. The molecule has 0 saturated heterocycles. The number of amides is 1. The molecule has 1 amide bonds. The second kappa shape index (κ2) is 7.78. The van der Waals surface area contributed by atoms with Crippen molar-refractivity contribution < 1.29 is 38.0 Å². The molecule has 9 heteroatoms. The van der Waals surface area contributed by atoms with Gasteiger partial charge in [-0.2, -0.15) is 0 Å². The first-order valence-electron chi connectivity index (χ1n) is 8.94. The molecule has 0 aliphatic carbocycles. The minimum atomic E-state index is -1.04. The Morgan fingerprint density at radius 3 is 2.62 bits per heavy atom. The van der Waals surface area contributed by atoms with Crippen LogP contribution in [0.4, 0.5) is 5.69 Å². The van der Waals surface area contributed by atoms with Gasteiger partial charge in [0.05, 0.1) is 12.7 Å². The molecule has 1 atom stereocenters. The highest BCUT2D eigenvalue weighted by atomic mass is 16.7. The summed E-state index contributed by atoms with van der Waals surface area (Å²) < 4.78 is 32.1. The molecule has 152 valence electrons. The number of carbonyl (C=O) groups is 2. The summed E-state index contributed by atoms with van der Waals surface area (Å²) >= 11 is 0. The third-order valence-corrected chi connectivity index (χ3v) is 4.36. The Balaban J connectivity index is 1.43. The molecule has 2 aliphatic rings. The van der Waals surface area contributed by atoms with E-state index in [-0.39, 0.29) is 12.4 Å². The summed E-state index contributed by atoms with van der Waals surface area (Å²) in [5, 5.41) is 2.68. The van der Waals surface area contributed by atoms with E-state index in [1.165, 1.54) is 26.2 Å². The maximum Gasteiger partial charge on any atom is 0.339 e. The molecule has 1 N–H and O–H groups in total. The zero-order valence-corrected chi connectivity index (χ0v) is 15.9. The number of rotatable bonds is 5. The molecule has 0 saturated carbocycles. The number of fused-ring (bicyclic) bond motifs is 2. The van der Waals surface area contributed by atoms with Crippen LogP contribution in [0, 0.1) is 0 Å². The Morgan fingerprint density at radius 2 is 1.79 bits per heavy atom. The normalized spacial score (nSPS) is 14.7. The van der Waals surface area contributed by atoms with Crippen LogP contribution in [0.2, 0.25) is 0 Å². The van der Waals surface area contributed by atoms with Crippen LogP contribution in [-0.4, -0.2) is 45.1 Å². The van der Waals surface area contributed by atoms with E-state index in [0.29, 0.717) is 47.6 Å². The fourth-order valence-electron chi connectivity index (χ4n) is 2.89. The smallest absolute Gasteiger partial charge is 0.339 e. The second-order valence-corrected chi connectivity index (χ2v) is 6.31. The highest BCUT2D eigenvalue weighted by Gasteiger charge is 2.24. The molecule has 9 nitrogen and oxygen atoms in total. The summed E-state index contributed by atoms with van der Waals surface area (Å²) in [7, 11) is 1.46. The van der Waals surface area contributed by atoms with Crippen molar-refractivity contribution in [2.45, 2.75) is 13.0 Å². The number of carbonyl (C=O) groups excluding carboxylic acids is 2. The summed E-state index contributed by atoms with van der Waals surface area (Å²) in [6.45, 7) is 2.38. The van der Waals surface area contributed by atoms with Gasteiger partial charge in [0.15, 0.2) is 29.1 Å². The molecule has 0 aromatic heterocycles. The lowest BCUT2D eigenvalue weighted by molar-refractivity contribution is -0.123. The maximum absolute atomic E-state index is 12.5. The van der Waals surface area contributed by atoms with Crippen molar-refractivity contribution >= 4 is 17.6 Å². The second-order valence-electron chi connectivity index (χ2n) is 6.31. The van der Waals surface area contributed by atoms with Crippen LogP contribution in [0.15, 0.2) is 30.3 Å². The number of hydrogen-bond acceptors (Lipinski definition) is 8. The van der Waals surface area contributed by atoms with Crippen LogP contribution in [0.3, 0.4) is 0 Å². The third kappa shape index (κ3) is 3.84. The lowest BCUT2D eigenvalue weighted by Crippen LogP contribution is -2.30. The number of hydrogen-bond donors (Lipinski definition) is 1. The highest BCUT2D eigenvalue weighted by Crippen LogP contribution is 2.40. The number of nitrogens with one attached hydrogen (secondary N) is 1. The van der Waals surface area contributed by atoms with Gasteiger partial charge < -0.3 is 33.7 Å². The van der Waals surface area contributed by atoms with Gasteiger partial charge in [-0.3, -0.25) is 4.79 Å². The first-order chi connectivity index (χ1) is 14.0. The third-order valence-electron chi connectivity index (χ3n) is 4.36.